The summed E-state index contributed by atoms with van der Waals surface area (Å²) in [4.78, 5) is 27.5. The van der Waals surface area contributed by atoms with Crippen LogP contribution < -0.4 is 5.32 Å². The molecule has 0 aromatic carbocycles. The molecule has 1 aliphatic rings. The van der Waals surface area contributed by atoms with Gasteiger partial charge in [0.25, 0.3) is 0 Å². The highest BCUT2D eigenvalue weighted by Gasteiger charge is 2.15. The largest absolute Gasteiger partial charge is 0.379 e. The summed E-state index contributed by atoms with van der Waals surface area (Å²) in [5, 5.41) is 2.91. The van der Waals surface area contributed by atoms with Crippen molar-refractivity contribution in [1.29, 1.82) is 0 Å². The summed E-state index contributed by atoms with van der Waals surface area (Å²) in [6.07, 6.45) is 1.36. The Morgan fingerprint density at radius 1 is 1.23 bits per heavy atom. The molecule has 0 atom stereocenters. The Morgan fingerprint density at radius 3 is 2.50 bits per heavy atom. The molecule has 0 spiro atoms. The number of morpholine rings is 1. The summed E-state index contributed by atoms with van der Waals surface area (Å²) < 4.78 is 5.31. The van der Waals surface area contributed by atoms with Crippen molar-refractivity contribution in [2.45, 2.75) is 33.6 Å². The number of rotatable bonds is 9. The normalized spacial score (nSPS) is 15.8. The Kier molecular flexibility index (Phi) is 9.08. The monoisotopic (exact) mass is 313 g/mol. The minimum atomic E-state index is 0.0262. The zero-order valence-corrected chi connectivity index (χ0v) is 14.3. The van der Waals surface area contributed by atoms with Crippen LogP contribution in [0.5, 0.6) is 0 Å². The third kappa shape index (κ3) is 8.34. The fourth-order valence-electron chi connectivity index (χ4n) is 2.34. The van der Waals surface area contributed by atoms with E-state index in [2.05, 4.69) is 24.1 Å². The molecule has 1 rings (SSSR count). The Hall–Kier alpha value is -1.14. The second-order valence-corrected chi connectivity index (χ2v) is 6.24. The van der Waals surface area contributed by atoms with Gasteiger partial charge in [0, 0.05) is 52.6 Å². The Morgan fingerprint density at radius 2 is 1.91 bits per heavy atom. The first-order chi connectivity index (χ1) is 10.5. The number of amides is 2. The number of carbonyl (C=O) groups is 2. The van der Waals surface area contributed by atoms with Crippen molar-refractivity contribution in [1.82, 2.24) is 15.1 Å². The van der Waals surface area contributed by atoms with E-state index in [0.29, 0.717) is 32.0 Å². The highest BCUT2D eigenvalue weighted by Crippen LogP contribution is 2.00. The predicted octanol–water partition coefficient (Wildman–Crippen LogP) is 0.720. The molecule has 0 aromatic heterocycles. The van der Waals surface area contributed by atoms with E-state index in [0.717, 1.165) is 39.3 Å². The van der Waals surface area contributed by atoms with Gasteiger partial charge in [-0.25, -0.2) is 0 Å². The molecule has 128 valence electrons. The third-order valence-electron chi connectivity index (χ3n) is 3.89. The minimum Gasteiger partial charge on any atom is -0.379 e. The van der Waals surface area contributed by atoms with Gasteiger partial charge in [-0.1, -0.05) is 13.8 Å². The molecule has 6 nitrogen and oxygen atoms in total. The molecule has 0 bridgehead atoms. The average Bonchev–Trinajstić information content (AvgIpc) is 2.47. The van der Waals surface area contributed by atoms with Gasteiger partial charge in [-0.05, 0) is 12.3 Å². The van der Waals surface area contributed by atoms with Crippen molar-refractivity contribution in [2.24, 2.45) is 5.92 Å². The summed E-state index contributed by atoms with van der Waals surface area (Å²) in [6, 6.07) is 0. The predicted molar refractivity (Wildman–Crippen MR) is 86.6 cm³/mol. The maximum absolute atomic E-state index is 11.8. The second kappa shape index (κ2) is 10.6. The van der Waals surface area contributed by atoms with Crippen molar-refractivity contribution >= 4 is 11.8 Å². The number of ether oxygens (including phenoxy) is 1. The lowest BCUT2D eigenvalue weighted by Gasteiger charge is -2.29. The van der Waals surface area contributed by atoms with Crippen LogP contribution in [0.4, 0.5) is 0 Å². The van der Waals surface area contributed by atoms with Gasteiger partial charge in [-0.15, -0.1) is 0 Å². The van der Waals surface area contributed by atoms with Crippen LogP contribution in [0.15, 0.2) is 0 Å². The minimum absolute atomic E-state index is 0.0262. The molecule has 6 heteroatoms. The molecule has 1 N–H and O–H groups in total. The van der Waals surface area contributed by atoms with Crippen molar-refractivity contribution in [3.63, 3.8) is 0 Å². The fraction of sp³-hybridized carbons (Fsp3) is 0.875. The van der Waals surface area contributed by atoms with Gasteiger partial charge in [0.05, 0.1) is 13.2 Å². The quantitative estimate of drug-likeness (QED) is 0.681. The summed E-state index contributed by atoms with van der Waals surface area (Å²) in [5.74, 6) is 0.643. The van der Waals surface area contributed by atoms with Crippen LogP contribution in [-0.4, -0.2) is 74.1 Å². The molecule has 1 aliphatic heterocycles. The molecule has 1 saturated heterocycles. The summed E-state index contributed by atoms with van der Waals surface area (Å²) in [7, 11) is 0. The number of carbonyl (C=O) groups excluding carboxylic acids is 2. The van der Waals surface area contributed by atoms with E-state index in [1.54, 1.807) is 11.8 Å². The molecule has 2 amide bonds. The number of hydrogen-bond donors (Lipinski definition) is 1. The van der Waals surface area contributed by atoms with Crippen molar-refractivity contribution in [2.75, 3.05) is 52.5 Å². The standard InChI is InChI=1S/C16H31N3O3/c1-14(2)4-6-17-16(21)5-7-19(15(3)20)9-8-18-10-12-22-13-11-18/h14H,4-13H2,1-3H3,(H,17,21). The van der Waals surface area contributed by atoms with Crippen LogP contribution in [0.1, 0.15) is 33.6 Å². The summed E-state index contributed by atoms with van der Waals surface area (Å²) in [6.45, 7) is 11.9. The van der Waals surface area contributed by atoms with Gasteiger partial charge in [-0.2, -0.15) is 0 Å². The van der Waals surface area contributed by atoms with E-state index >= 15 is 0 Å². The van der Waals surface area contributed by atoms with Gasteiger partial charge >= 0.3 is 0 Å². The van der Waals surface area contributed by atoms with Crippen molar-refractivity contribution in [3.8, 4) is 0 Å². The second-order valence-electron chi connectivity index (χ2n) is 6.24. The van der Waals surface area contributed by atoms with Crippen molar-refractivity contribution < 1.29 is 14.3 Å². The molecule has 0 saturated carbocycles. The van der Waals surface area contributed by atoms with Crippen LogP contribution in [0.25, 0.3) is 0 Å². The molecule has 1 fully saturated rings. The summed E-state index contributed by atoms with van der Waals surface area (Å²) in [5.41, 5.74) is 0. The van der Waals surface area contributed by atoms with Crippen LogP contribution in [0, 0.1) is 5.92 Å². The maximum Gasteiger partial charge on any atom is 0.221 e. The van der Waals surface area contributed by atoms with Crippen molar-refractivity contribution in [3.05, 3.63) is 0 Å². The average molecular weight is 313 g/mol. The topological polar surface area (TPSA) is 61.9 Å². The van der Waals surface area contributed by atoms with Crippen LogP contribution in [0.2, 0.25) is 0 Å². The van der Waals surface area contributed by atoms with Gasteiger partial charge in [-0.3, -0.25) is 14.5 Å². The van der Waals surface area contributed by atoms with E-state index in [4.69, 9.17) is 4.74 Å². The van der Waals surface area contributed by atoms with Gasteiger partial charge in [0.15, 0.2) is 0 Å². The van der Waals surface area contributed by atoms with Gasteiger partial charge in [0.2, 0.25) is 11.8 Å². The van der Waals surface area contributed by atoms with Crippen LogP contribution in [0.3, 0.4) is 0 Å². The maximum atomic E-state index is 11.8. The lowest BCUT2D eigenvalue weighted by atomic mass is 10.1. The molecule has 0 radical (unpaired) electrons. The smallest absolute Gasteiger partial charge is 0.221 e. The third-order valence-corrected chi connectivity index (χ3v) is 3.89. The van der Waals surface area contributed by atoms with E-state index in [1.807, 2.05) is 0 Å². The molecule has 1 heterocycles. The molecular formula is C16H31N3O3. The highest BCUT2D eigenvalue weighted by atomic mass is 16.5. The molecule has 0 aliphatic carbocycles. The van der Waals surface area contributed by atoms with E-state index in [1.165, 1.54) is 0 Å². The number of nitrogens with zero attached hydrogens (tertiary/aromatic N) is 2. The first-order valence-corrected chi connectivity index (χ1v) is 8.31. The number of nitrogens with one attached hydrogen (secondary N) is 1. The molecule has 22 heavy (non-hydrogen) atoms. The van der Waals surface area contributed by atoms with Crippen LogP contribution in [-0.2, 0) is 14.3 Å². The zero-order chi connectivity index (χ0) is 16.4. The van der Waals surface area contributed by atoms with Crippen LogP contribution >= 0.6 is 0 Å². The van der Waals surface area contributed by atoms with Gasteiger partial charge < -0.3 is 15.0 Å². The summed E-state index contributed by atoms with van der Waals surface area (Å²) >= 11 is 0. The zero-order valence-electron chi connectivity index (χ0n) is 14.3. The fourth-order valence-corrected chi connectivity index (χ4v) is 2.34. The first-order valence-electron chi connectivity index (χ1n) is 8.31. The SMILES string of the molecule is CC(=O)N(CCC(=O)NCCC(C)C)CCN1CCOCC1. The van der Waals surface area contributed by atoms with E-state index in [-0.39, 0.29) is 11.8 Å². The first kappa shape index (κ1) is 18.9. The van der Waals surface area contributed by atoms with Gasteiger partial charge in [0.1, 0.15) is 0 Å². The Balaban J connectivity index is 2.22. The Bertz CT molecular complexity index is 342. The molecular weight excluding hydrogens is 282 g/mol. The Labute approximate surface area is 134 Å². The lowest BCUT2D eigenvalue weighted by molar-refractivity contribution is -0.130. The number of hydrogen-bond acceptors (Lipinski definition) is 4. The molecule has 0 aromatic rings. The lowest BCUT2D eigenvalue weighted by Crippen LogP contribution is -2.43. The van der Waals surface area contributed by atoms with E-state index < -0.39 is 0 Å². The highest BCUT2D eigenvalue weighted by molar-refractivity contribution is 5.77. The van der Waals surface area contributed by atoms with E-state index in [9.17, 15) is 9.59 Å². The molecule has 0 unspecified atom stereocenters.